The molecule has 1 aliphatic rings. The van der Waals surface area contributed by atoms with Gasteiger partial charge in [-0.1, -0.05) is 11.2 Å². The average Bonchev–Trinajstić information content (AvgIpc) is 3.63. The van der Waals surface area contributed by atoms with Crippen molar-refractivity contribution in [2.75, 3.05) is 12.4 Å². The number of nitrogens with zero attached hydrogens (tertiary/aromatic N) is 6. The van der Waals surface area contributed by atoms with Crippen molar-refractivity contribution < 1.29 is 4.74 Å². The lowest BCUT2D eigenvalue weighted by molar-refractivity contribution is 0.407. The molecule has 1 N–H and O–H groups in total. The molecular formula is C26H23N7O2. The monoisotopic (exact) mass is 465 g/mol. The van der Waals surface area contributed by atoms with E-state index in [2.05, 4.69) is 32.7 Å². The number of anilines is 2. The quantitative estimate of drug-likeness (QED) is 0.334. The van der Waals surface area contributed by atoms with Crippen molar-refractivity contribution in [2.24, 2.45) is 5.18 Å². The summed E-state index contributed by atoms with van der Waals surface area (Å²) in [6, 6.07) is 13.8. The Morgan fingerprint density at radius 3 is 2.94 bits per heavy atom. The molecule has 35 heavy (non-hydrogen) atoms. The van der Waals surface area contributed by atoms with E-state index in [1.54, 1.807) is 25.7 Å². The Labute approximate surface area is 201 Å². The second-order valence-corrected chi connectivity index (χ2v) is 8.54. The van der Waals surface area contributed by atoms with E-state index in [-0.39, 0.29) is 6.04 Å². The Bertz CT molecular complexity index is 1520. The minimum atomic E-state index is -0.246. The minimum Gasteiger partial charge on any atom is -0.496 e. The maximum Gasteiger partial charge on any atom is 0.157 e. The van der Waals surface area contributed by atoms with Gasteiger partial charge in [0.25, 0.3) is 0 Å². The Morgan fingerprint density at radius 2 is 2.11 bits per heavy atom. The molecule has 0 spiro atoms. The lowest BCUT2D eigenvalue weighted by Crippen LogP contribution is -2.03. The molecule has 6 rings (SSSR count). The van der Waals surface area contributed by atoms with Crippen LogP contribution in [0.25, 0.3) is 16.9 Å². The van der Waals surface area contributed by atoms with Crippen molar-refractivity contribution >= 4 is 17.2 Å². The fraction of sp³-hybridized carbons (Fsp3) is 0.192. The van der Waals surface area contributed by atoms with Crippen LogP contribution >= 0.6 is 0 Å². The molecule has 0 aliphatic heterocycles. The minimum absolute atomic E-state index is 0.246. The standard InChI is InChI=1S/C26H23N7O2/c1-35-23-8-4-18(13-19(23)16-32-11-2-9-28-32)25-26(33-12-10-27-15-24(33)30-25)29-20-5-6-21-17(14-20)3-7-22(21)31-34/h2,4-6,8-15,22,29H,3,7,16H2,1H3. The summed E-state index contributed by atoms with van der Waals surface area (Å²) in [5.41, 5.74) is 6.59. The normalized spacial score (nSPS) is 14.7. The zero-order chi connectivity index (χ0) is 23.8. The highest BCUT2D eigenvalue weighted by Gasteiger charge is 2.24. The van der Waals surface area contributed by atoms with Crippen molar-refractivity contribution in [1.82, 2.24) is 24.1 Å². The van der Waals surface area contributed by atoms with Gasteiger partial charge in [-0.15, -0.1) is 0 Å². The number of benzene rings is 2. The molecule has 3 heterocycles. The summed E-state index contributed by atoms with van der Waals surface area (Å²) in [4.78, 5) is 20.3. The van der Waals surface area contributed by atoms with Crippen molar-refractivity contribution in [2.45, 2.75) is 25.4 Å². The van der Waals surface area contributed by atoms with Crippen molar-refractivity contribution in [1.29, 1.82) is 0 Å². The third-order valence-electron chi connectivity index (χ3n) is 6.45. The van der Waals surface area contributed by atoms with Gasteiger partial charge in [0.15, 0.2) is 5.65 Å². The number of aromatic nitrogens is 5. The predicted molar refractivity (Wildman–Crippen MR) is 133 cm³/mol. The summed E-state index contributed by atoms with van der Waals surface area (Å²) in [7, 11) is 1.67. The first-order chi connectivity index (χ1) is 17.2. The van der Waals surface area contributed by atoms with Gasteiger partial charge < -0.3 is 10.1 Å². The number of hydrogen-bond donors (Lipinski definition) is 1. The number of ether oxygens (including phenoxy) is 1. The van der Waals surface area contributed by atoms with E-state index < -0.39 is 0 Å². The van der Waals surface area contributed by atoms with Gasteiger partial charge in [0.2, 0.25) is 0 Å². The zero-order valence-electron chi connectivity index (χ0n) is 19.1. The number of nitrogens with one attached hydrogen (secondary N) is 1. The zero-order valence-corrected chi connectivity index (χ0v) is 19.1. The largest absolute Gasteiger partial charge is 0.496 e. The lowest BCUT2D eigenvalue weighted by atomic mass is 10.1. The first kappa shape index (κ1) is 21.0. The first-order valence-electron chi connectivity index (χ1n) is 11.4. The summed E-state index contributed by atoms with van der Waals surface area (Å²) in [6.07, 6.45) is 10.7. The van der Waals surface area contributed by atoms with E-state index in [0.29, 0.717) is 6.54 Å². The predicted octanol–water partition coefficient (Wildman–Crippen LogP) is 5.15. The van der Waals surface area contributed by atoms with Crippen molar-refractivity contribution in [3.63, 3.8) is 0 Å². The molecule has 2 aromatic carbocycles. The second-order valence-electron chi connectivity index (χ2n) is 8.54. The maximum absolute atomic E-state index is 11.1. The molecule has 1 unspecified atom stereocenters. The highest BCUT2D eigenvalue weighted by molar-refractivity contribution is 5.80. The summed E-state index contributed by atoms with van der Waals surface area (Å²) in [5.74, 6) is 1.63. The molecule has 174 valence electrons. The van der Waals surface area contributed by atoms with Crippen molar-refractivity contribution in [3.05, 3.63) is 95.0 Å². The van der Waals surface area contributed by atoms with Crippen LogP contribution in [0.4, 0.5) is 11.5 Å². The topological polar surface area (TPSA) is 98.7 Å². The van der Waals surface area contributed by atoms with Crippen LogP contribution < -0.4 is 10.1 Å². The van der Waals surface area contributed by atoms with Crippen LogP contribution in [0.2, 0.25) is 0 Å². The summed E-state index contributed by atoms with van der Waals surface area (Å²) < 4.78 is 9.46. The lowest BCUT2D eigenvalue weighted by Gasteiger charge is -2.13. The summed E-state index contributed by atoms with van der Waals surface area (Å²) in [5, 5.41) is 11.2. The van der Waals surface area contributed by atoms with Crippen LogP contribution in [0.1, 0.15) is 29.2 Å². The molecule has 0 saturated heterocycles. The first-order valence-corrected chi connectivity index (χ1v) is 11.4. The van der Waals surface area contributed by atoms with Crippen molar-refractivity contribution in [3.8, 4) is 17.0 Å². The highest BCUT2D eigenvalue weighted by Crippen LogP contribution is 2.38. The van der Waals surface area contributed by atoms with Gasteiger partial charge in [-0.3, -0.25) is 14.1 Å². The number of nitroso groups, excluding NO2 is 1. The van der Waals surface area contributed by atoms with E-state index in [0.717, 1.165) is 63.7 Å². The molecule has 0 bridgehead atoms. The highest BCUT2D eigenvalue weighted by atomic mass is 16.5. The van der Waals surface area contributed by atoms with Gasteiger partial charge >= 0.3 is 0 Å². The third-order valence-corrected chi connectivity index (χ3v) is 6.45. The smallest absolute Gasteiger partial charge is 0.157 e. The number of fused-ring (bicyclic) bond motifs is 2. The van der Waals surface area contributed by atoms with Gasteiger partial charge in [-0.05, 0) is 60.4 Å². The van der Waals surface area contributed by atoms with E-state index >= 15 is 0 Å². The molecule has 0 amide bonds. The van der Waals surface area contributed by atoms with Gasteiger partial charge in [-0.25, -0.2) is 4.98 Å². The van der Waals surface area contributed by atoms with E-state index in [4.69, 9.17) is 9.72 Å². The van der Waals surface area contributed by atoms with Crippen LogP contribution in [-0.4, -0.2) is 31.3 Å². The Balaban J connectivity index is 1.43. The van der Waals surface area contributed by atoms with Crippen LogP contribution in [0.3, 0.4) is 0 Å². The molecule has 5 aromatic rings. The van der Waals surface area contributed by atoms with Gasteiger partial charge in [0.1, 0.15) is 23.3 Å². The number of imidazole rings is 1. The van der Waals surface area contributed by atoms with E-state index in [1.165, 1.54) is 0 Å². The summed E-state index contributed by atoms with van der Waals surface area (Å²) in [6.45, 7) is 0.582. The second kappa shape index (κ2) is 8.68. The SMILES string of the molecule is COc1ccc(-c2nc3cnccn3c2Nc2ccc3c(c2)CCC3N=O)cc1Cn1cccn1. The van der Waals surface area contributed by atoms with Crippen LogP contribution in [0, 0.1) is 4.91 Å². The molecule has 0 fully saturated rings. The van der Waals surface area contributed by atoms with Crippen LogP contribution in [0.15, 0.2) is 78.6 Å². The molecule has 0 saturated carbocycles. The molecule has 0 radical (unpaired) electrons. The summed E-state index contributed by atoms with van der Waals surface area (Å²) >= 11 is 0. The Kier molecular flexibility index (Phi) is 5.21. The third kappa shape index (κ3) is 3.80. The Hall–Kier alpha value is -4.53. The fourth-order valence-corrected chi connectivity index (χ4v) is 4.76. The molecule has 9 heteroatoms. The number of methoxy groups -OCH3 is 1. The van der Waals surface area contributed by atoms with Crippen LogP contribution in [-0.2, 0) is 13.0 Å². The van der Waals surface area contributed by atoms with E-state index in [9.17, 15) is 4.91 Å². The van der Waals surface area contributed by atoms with Gasteiger partial charge in [0.05, 0.1) is 19.9 Å². The molecule has 9 nitrogen and oxygen atoms in total. The van der Waals surface area contributed by atoms with E-state index in [1.807, 2.05) is 51.8 Å². The average molecular weight is 466 g/mol. The van der Waals surface area contributed by atoms with Gasteiger partial charge in [-0.2, -0.15) is 10.0 Å². The number of aryl methyl sites for hydroxylation is 1. The number of hydrogen-bond acceptors (Lipinski definition) is 7. The Morgan fingerprint density at radius 1 is 1.17 bits per heavy atom. The fourth-order valence-electron chi connectivity index (χ4n) is 4.76. The van der Waals surface area contributed by atoms with Crippen LogP contribution in [0.5, 0.6) is 5.75 Å². The molecular weight excluding hydrogens is 442 g/mol. The number of rotatable bonds is 7. The maximum atomic E-state index is 11.1. The van der Waals surface area contributed by atoms with Gasteiger partial charge in [0, 0.05) is 41.6 Å². The molecule has 1 aliphatic carbocycles. The molecule has 1 atom stereocenters. The molecule has 3 aromatic heterocycles.